The van der Waals surface area contributed by atoms with Crippen LogP contribution in [0.4, 0.5) is 8.71 Å². The predicted molar refractivity (Wildman–Crippen MR) is 116 cm³/mol. The van der Waals surface area contributed by atoms with Gasteiger partial charge in [-0.05, 0) is 46.9 Å². The number of pyridine rings is 1. The standard InChI is InChI=1S/C22H14B2F2N4O2/c1-32-18-5-4-12(14-9-28-29-19(14)18)11-7-16-15(17(25)8-11)10-30-21(31)13-3-2-6-27-20(13)22(30,23)24(16)26/h2-9H,10H2,1H3,(H,28,29). The van der Waals surface area contributed by atoms with Crippen LogP contribution in [0.25, 0.3) is 22.0 Å². The lowest BCUT2D eigenvalue weighted by atomic mass is 9.37. The summed E-state index contributed by atoms with van der Waals surface area (Å²) in [7, 11) is 8.03. The molecule has 10 heteroatoms. The molecule has 154 valence electrons. The summed E-state index contributed by atoms with van der Waals surface area (Å²) in [6.45, 7) is -2.00. The van der Waals surface area contributed by atoms with Crippen LogP contribution in [-0.4, -0.2) is 47.9 Å². The van der Waals surface area contributed by atoms with Crippen LogP contribution < -0.4 is 10.2 Å². The van der Waals surface area contributed by atoms with E-state index in [9.17, 15) is 4.79 Å². The van der Waals surface area contributed by atoms with Crippen molar-refractivity contribution in [1.29, 1.82) is 0 Å². The Kier molecular flexibility index (Phi) is 3.82. The van der Waals surface area contributed by atoms with Crippen LogP contribution in [0.2, 0.25) is 0 Å². The van der Waals surface area contributed by atoms with E-state index in [0.29, 0.717) is 27.8 Å². The molecule has 1 amide bonds. The number of benzene rings is 2. The molecule has 0 aliphatic carbocycles. The Morgan fingerprint density at radius 1 is 1.28 bits per heavy atom. The number of halogens is 2. The van der Waals surface area contributed by atoms with Crippen molar-refractivity contribution in [3.63, 3.8) is 0 Å². The van der Waals surface area contributed by atoms with Gasteiger partial charge in [-0.1, -0.05) is 6.07 Å². The monoisotopic (exact) mass is 426 g/mol. The van der Waals surface area contributed by atoms with Crippen LogP contribution in [0.15, 0.2) is 48.8 Å². The van der Waals surface area contributed by atoms with Gasteiger partial charge in [0.2, 0.25) is 0 Å². The maximum Gasteiger partial charge on any atom is 0.404 e. The Balaban J connectivity index is 1.55. The van der Waals surface area contributed by atoms with E-state index in [2.05, 4.69) is 15.2 Å². The van der Waals surface area contributed by atoms with Gasteiger partial charge in [0, 0.05) is 23.7 Å². The topological polar surface area (TPSA) is 71.1 Å². The van der Waals surface area contributed by atoms with Gasteiger partial charge in [0.25, 0.3) is 5.91 Å². The molecule has 2 radical (unpaired) electrons. The Labute approximate surface area is 183 Å². The molecule has 4 aromatic rings. The third-order valence-electron chi connectivity index (χ3n) is 6.42. The molecule has 2 aliphatic heterocycles. The molecule has 0 saturated carbocycles. The van der Waals surface area contributed by atoms with Gasteiger partial charge in [-0.25, -0.2) is 4.39 Å². The summed E-state index contributed by atoms with van der Waals surface area (Å²) in [5.41, 5.74) is 2.41. The molecule has 6 nitrogen and oxygen atoms in total. The normalized spacial score (nSPS) is 19.2. The van der Waals surface area contributed by atoms with Crippen molar-refractivity contribution in [1.82, 2.24) is 20.1 Å². The summed E-state index contributed by atoms with van der Waals surface area (Å²) in [5.74, 6) is -0.472. The average Bonchev–Trinajstić information content (AvgIpc) is 3.38. The summed E-state index contributed by atoms with van der Waals surface area (Å²) < 4.78 is 36.7. The third kappa shape index (κ3) is 2.26. The van der Waals surface area contributed by atoms with Crippen molar-refractivity contribution in [2.75, 3.05) is 7.11 Å². The van der Waals surface area contributed by atoms with Crippen LogP contribution in [0.1, 0.15) is 21.6 Å². The Hall–Kier alpha value is -3.68. The lowest BCUT2D eigenvalue weighted by molar-refractivity contribution is 0.0715. The SMILES string of the molecule is [B]C12B(F)c3cc(-c4ccc(OC)c5[nH]ncc45)cc(F)c3CN1C(=O)c1cccnc12. The van der Waals surface area contributed by atoms with Crippen LogP contribution in [0.5, 0.6) is 5.75 Å². The second-order valence-electron chi connectivity index (χ2n) is 7.98. The molecule has 2 aliphatic rings. The number of aromatic amines is 1. The van der Waals surface area contributed by atoms with E-state index in [0.717, 1.165) is 0 Å². The fourth-order valence-electron chi connectivity index (χ4n) is 4.83. The summed E-state index contributed by atoms with van der Waals surface area (Å²) in [6, 6.07) is 9.60. The van der Waals surface area contributed by atoms with Crippen LogP contribution in [-0.2, 0) is 11.9 Å². The zero-order chi connectivity index (χ0) is 22.2. The highest BCUT2D eigenvalue weighted by atomic mass is 19.1. The first-order valence-electron chi connectivity index (χ1n) is 9.98. The number of nitrogens with one attached hydrogen (secondary N) is 1. The maximum absolute atomic E-state index is 16.1. The largest absolute Gasteiger partial charge is 0.494 e. The van der Waals surface area contributed by atoms with Gasteiger partial charge in [-0.2, -0.15) is 5.10 Å². The molecule has 2 aromatic heterocycles. The highest BCUT2D eigenvalue weighted by Crippen LogP contribution is 2.42. The Morgan fingerprint density at radius 3 is 2.94 bits per heavy atom. The molecule has 4 heterocycles. The number of carbonyl (C=O) groups is 1. The fraction of sp³-hybridized carbons (Fsp3) is 0.136. The van der Waals surface area contributed by atoms with Gasteiger partial charge in [0.1, 0.15) is 24.9 Å². The molecule has 0 saturated heterocycles. The van der Waals surface area contributed by atoms with Gasteiger partial charge >= 0.3 is 6.99 Å². The number of fused-ring (bicyclic) bond motifs is 5. The summed E-state index contributed by atoms with van der Waals surface area (Å²) >= 11 is 0. The lowest BCUT2D eigenvalue weighted by Gasteiger charge is -2.42. The zero-order valence-corrected chi connectivity index (χ0v) is 16.9. The number of hydrogen-bond donors (Lipinski definition) is 1. The van der Waals surface area contributed by atoms with E-state index in [1.54, 1.807) is 43.6 Å². The second-order valence-corrected chi connectivity index (χ2v) is 7.98. The van der Waals surface area contributed by atoms with Crippen molar-refractivity contribution in [3.05, 3.63) is 71.4 Å². The zero-order valence-electron chi connectivity index (χ0n) is 16.9. The molecular weight excluding hydrogens is 412 g/mol. The molecule has 1 unspecified atom stereocenters. The van der Waals surface area contributed by atoms with Crippen LogP contribution in [0.3, 0.4) is 0 Å². The summed E-state index contributed by atoms with van der Waals surface area (Å²) in [5, 5.41) is 5.85. The molecule has 0 bridgehead atoms. The van der Waals surface area contributed by atoms with E-state index in [4.69, 9.17) is 12.6 Å². The second kappa shape index (κ2) is 6.41. The fourth-order valence-corrected chi connectivity index (χ4v) is 4.83. The summed E-state index contributed by atoms with van der Waals surface area (Å²) in [4.78, 5) is 18.2. The minimum atomic E-state index is -1.86. The number of aromatic nitrogens is 3. The smallest absolute Gasteiger partial charge is 0.404 e. The van der Waals surface area contributed by atoms with Gasteiger partial charge in [0.15, 0.2) is 0 Å². The van der Waals surface area contributed by atoms with E-state index in [1.807, 2.05) is 0 Å². The molecule has 1 atom stereocenters. The Morgan fingerprint density at radius 2 is 2.12 bits per heavy atom. The number of hydrogen-bond acceptors (Lipinski definition) is 4. The maximum atomic E-state index is 16.1. The predicted octanol–water partition coefficient (Wildman–Crippen LogP) is 2.47. The average molecular weight is 426 g/mol. The molecule has 2 aromatic carbocycles. The Bertz CT molecular complexity index is 1440. The quantitative estimate of drug-likeness (QED) is 0.501. The van der Waals surface area contributed by atoms with Crippen molar-refractivity contribution in [2.45, 2.75) is 11.9 Å². The van der Waals surface area contributed by atoms with Crippen molar-refractivity contribution >= 4 is 37.1 Å². The highest BCUT2D eigenvalue weighted by Gasteiger charge is 2.58. The van der Waals surface area contributed by atoms with Crippen LogP contribution in [0, 0.1) is 5.82 Å². The van der Waals surface area contributed by atoms with E-state index >= 15 is 8.71 Å². The van der Waals surface area contributed by atoms with Crippen molar-refractivity contribution < 1.29 is 18.2 Å². The lowest BCUT2D eigenvalue weighted by Crippen LogP contribution is -2.63. The van der Waals surface area contributed by atoms with Gasteiger partial charge in [-0.3, -0.25) is 14.9 Å². The van der Waals surface area contributed by atoms with E-state index in [-0.39, 0.29) is 28.8 Å². The number of ether oxygens (including phenoxy) is 1. The molecular formula is C22H14B2F2N4O2. The number of H-pyrrole nitrogens is 1. The number of carbonyl (C=O) groups excluding carboxylic acids is 1. The molecule has 6 rings (SSSR count). The number of amides is 1. The molecule has 0 fully saturated rings. The van der Waals surface area contributed by atoms with Gasteiger partial charge in [0.05, 0.1) is 29.9 Å². The molecule has 1 N–H and O–H groups in total. The molecule has 0 spiro atoms. The van der Waals surface area contributed by atoms with Gasteiger partial charge < -0.3 is 14.0 Å². The highest BCUT2D eigenvalue weighted by molar-refractivity contribution is 6.77. The van der Waals surface area contributed by atoms with Gasteiger partial charge in [-0.15, -0.1) is 0 Å². The van der Waals surface area contributed by atoms with Crippen molar-refractivity contribution in [3.8, 4) is 16.9 Å². The number of methoxy groups -OCH3 is 1. The number of rotatable bonds is 2. The minimum absolute atomic E-state index is 0.109. The van der Waals surface area contributed by atoms with Crippen molar-refractivity contribution in [2.24, 2.45) is 0 Å². The summed E-state index contributed by atoms with van der Waals surface area (Å²) in [6.07, 6.45) is 3.08. The molecule has 32 heavy (non-hydrogen) atoms. The van der Waals surface area contributed by atoms with E-state index in [1.165, 1.54) is 17.2 Å². The number of nitrogens with zero attached hydrogens (tertiary/aromatic N) is 3. The first-order chi connectivity index (χ1) is 15.4. The van der Waals surface area contributed by atoms with Crippen LogP contribution >= 0.6 is 0 Å². The minimum Gasteiger partial charge on any atom is -0.494 e. The van der Waals surface area contributed by atoms with E-state index < -0.39 is 24.1 Å². The first kappa shape index (κ1) is 19.0. The third-order valence-corrected chi connectivity index (χ3v) is 6.42. The first-order valence-corrected chi connectivity index (χ1v) is 9.98.